The van der Waals surface area contributed by atoms with E-state index in [1.165, 1.54) is 0 Å². The Morgan fingerprint density at radius 2 is 1.78 bits per heavy atom. The highest BCUT2D eigenvalue weighted by Crippen LogP contribution is 2.35. The molecular formula is C20H25BrCl2N2O2. The smallest absolute Gasteiger partial charge is 0.162 e. The van der Waals surface area contributed by atoms with Gasteiger partial charge in [0.1, 0.15) is 6.61 Å². The summed E-state index contributed by atoms with van der Waals surface area (Å²) in [6, 6.07) is 9.33. The predicted molar refractivity (Wildman–Crippen MR) is 116 cm³/mol. The van der Waals surface area contributed by atoms with Crippen LogP contribution in [0.15, 0.2) is 34.8 Å². The van der Waals surface area contributed by atoms with Gasteiger partial charge in [-0.1, -0.05) is 45.2 Å². The van der Waals surface area contributed by atoms with Gasteiger partial charge in [-0.25, -0.2) is 0 Å². The van der Waals surface area contributed by atoms with E-state index >= 15 is 0 Å². The average molecular weight is 476 g/mol. The maximum atomic E-state index is 6.23. The highest BCUT2D eigenvalue weighted by molar-refractivity contribution is 9.10. The molecule has 0 amide bonds. The van der Waals surface area contributed by atoms with Gasteiger partial charge >= 0.3 is 0 Å². The van der Waals surface area contributed by atoms with Crippen molar-refractivity contribution >= 4 is 39.1 Å². The fraction of sp³-hybridized carbons (Fsp3) is 0.400. The zero-order valence-corrected chi connectivity index (χ0v) is 18.7. The van der Waals surface area contributed by atoms with Crippen LogP contribution in [-0.4, -0.2) is 26.7 Å². The molecule has 2 aromatic carbocycles. The Balaban J connectivity index is 2.07. The zero-order chi connectivity index (χ0) is 19.6. The van der Waals surface area contributed by atoms with Crippen molar-refractivity contribution < 1.29 is 9.47 Å². The van der Waals surface area contributed by atoms with E-state index in [1.54, 1.807) is 12.1 Å². The minimum atomic E-state index is 0.337. The van der Waals surface area contributed by atoms with Crippen molar-refractivity contribution in [1.29, 1.82) is 0 Å². The molecule has 0 aliphatic carbocycles. The largest absolute Gasteiger partial charge is 0.490 e. The third-order valence-corrected chi connectivity index (χ3v) is 5.23. The summed E-state index contributed by atoms with van der Waals surface area (Å²) in [7, 11) is 1.96. The van der Waals surface area contributed by atoms with Gasteiger partial charge in [0, 0.05) is 26.6 Å². The molecule has 0 bridgehead atoms. The number of hydrogen-bond acceptors (Lipinski definition) is 4. The van der Waals surface area contributed by atoms with Crippen LogP contribution in [-0.2, 0) is 13.2 Å². The molecule has 148 valence electrons. The molecule has 0 aromatic heterocycles. The second-order valence-electron chi connectivity index (χ2n) is 5.98. The van der Waals surface area contributed by atoms with Crippen molar-refractivity contribution in [2.75, 3.05) is 26.7 Å². The predicted octanol–water partition coefficient (Wildman–Crippen LogP) is 5.43. The summed E-state index contributed by atoms with van der Waals surface area (Å²) in [5.74, 6) is 1.39. The van der Waals surface area contributed by atoms with E-state index in [2.05, 4.69) is 26.6 Å². The van der Waals surface area contributed by atoms with E-state index in [1.807, 2.05) is 32.2 Å². The molecule has 4 nitrogen and oxygen atoms in total. The molecule has 0 aliphatic rings. The lowest BCUT2D eigenvalue weighted by Gasteiger charge is -2.16. The molecule has 0 saturated carbocycles. The molecule has 2 aromatic rings. The normalized spacial score (nSPS) is 10.9. The molecule has 0 atom stereocenters. The van der Waals surface area contributed by atoms with Crippen LogP contribution in [0, 0.1) is 0 Å². The lowest BCUT2D eigenvalue weighted by atomic mass is 10.2. The van der Waals surface area contributed by atoms with Crippen molar-refractivity contribution in [3.63, 3.8) is 0 Å². The Bertz CT molecular complexity index is 744. The number of hydrogen-bond donors (Lipinski definition) is 2. The molecule has 27 heavy (non-hydrogen) atoms. The summed E-state index contributed by atoms with van der Waals surface area (Å²) in [5, 5.41) is 7.77. The molecule has 0 spiro atoms. The quantitative estimate of drug-likeness (QED) is 0.425. The minimum absolute atomic E-state index is 0.337. The van der Waals surface area contributed by atoms with Crippen LogP contribution in [0.5, 0.6) is 11.5 Å². The van der Waals surface area contributed by atoms with Gasteiger partial charge in [0.15, 0.2) is 11.5 Å². The van der Waals surface area contributed by atoms with Gasteiger partial charge in [0.25, 0.3) is 0 Å². The standard InChI is InChI=1S/C20H25BrCl2N2O2/c1-3-26-19-9-15(12-25-8-4-7-24-2)17(21)11-20(19)27-13-14-5-6-16(22)10-18(14)23/h5-6,9-11,24-25H,3-4,7-8,12-13H2,1-2H3. The Hall–Kier alpha value is -0.980. The van der Waals surface area contributed by atoms with E-state index < -0.39 is 0 Å². The zero-order valence-electron chi connectivity index (χ0n) is 15.6. The molecule has 2 rings (SSSR count). The van der Waals surface area contributed by atoms with Crippen molar-refractivity contribution in [3.8, 4) is 11.5 Å². The van der Waals surface area contributed by atoms with Crippen LogP contribution in [0.2, 0.25) is 10.0 Å². The molecule has 0 heterocycles. The third kappa shape index (κ3) is 7.16. The van der Waals surface area contributed by atoms with Gasteiger partial charge < -0.3 is 20.1 Å². The highest BCUT2D eigenvalue weighted by atomic mass is 79.9. The first kappa shape index (κ1) is 22.3. The van der Waals surface area contributed by atoms with Gasteiger partial charge in [-0.2, -0.15) is 0 Å². The first-order valence-electron chi connectivity index (χ1n) is 8.92. The molecule has 0 saturated heterocycles. The molecule has 7 heteroatoms. The van der Waals surface area contributed by atoms with Crippen LogP contribution in [0.1, 0.15) is 24.5 Å². The lowest BCUT2D eigenvalue weighted by Crippen LogP contribution is -2.19. The monoisotopic (exact) mass is 474 g/mol. The Morgan fingerprint density at radius 3 is 2.48 bits per heavy atom. The van der Waals surface area contributed by atoms with Crippen LogP contribution in [0.25, 0.3) is 0 Å². The van der Waals surface area contributed by atoms with Crippen molar-refractivity contribution in [2.24, 2.45) is 0 Å². The SMILES string of the molecule is CCOc1cc(CNCCCNC)c(Br)cc1OCc1ccc(Cl)cc1Cl. The topological polar surface area (TPSA) is 42.5 Å². The van der Waals surface area contributed by atoms with Crippen LogP contribution < -0.4 is 20.1 Å². The first-order chi connectivity index (χ1) is 13.0. The maximum absolute atomic E-state index is 6.23. The fourth-order valence-corrected chi connectivity index (χ4v) is 3.43. The number of benzene rings is 2. The van der Waals surface area contributed by atoms with Gasteiger partial charge in [-0.05, 0) is 63.3 Å². The summed E-state index contributed by atoms with van der Waals surface area (Å²) in [6.45, 7) is 5.56. The number of rotatable bonds is 11. The van der Waals surface area contributed by atoms with Crippen LogP contribution in [0.4, 0.5) is 0 Å². The maximum Gasteiger partial charge on any atom is 0.162 e. The van der Waals surface area contributed by atoms with Crippen LogP contribution in [0.3, 0.4) is 0 Å². The van der Waals surface area contributed by atoms with E-state index in [0.717, 1.165) is 47.4 Å². The summed E-state index contributed by atoms with van der Waals surface area (Å²) >= 11 is 15.8. The molecule has 0 unspecified atom stereocenters. The third-order valence-electron chi connectivity index (χ3n) is 3.91. The summed E-state index contributed by atoms with van der Waals surface area (Å²) < 4.78 is 12.7. The second-order valence-corrected chi connectivity index (χ2v) is 7.68. The molecule has 0 aliphatic heterocycles. The summed E-state index contributed by atoms with van der Waals surface area (Å²) in [6.07, 6.45) is 1.08. The van der Waals surface area contributed by atoms with Gasteiger partial charge in [0.2, 0.25) is 0 Å². The first-order valence-corrected chi connectivity index (χ1v) is 10.5. The highest BCUT2D eigenvalue weighted by Gasteiger charge is 2.12. The second kappa shape index (κ2) is 11.8. The van der Waals surface area contributed by atoms with E-state index in [-0.39, 0.29) is 0 Å². The van der Waals surface area contributed by atoms with Crippen LogP contribution >= 0.6 is 39.1 Å². The van der Waals surface area contributed by atoms with E-state index in [4.69, 9.17) is 32.7 Å². The Labute approximate surface area is 179 Å². The van der Waals surface area contributed by atoms with Crippen molar-refractivity contribution in [1.82, 2.24) is 10.6 Å². The van der Waals surface area contributed by atoms with Gasteiger partial charge in [0.05, 0.1) is 6.61 Å². The average Bonchev–Trinajstić information content (AvgIpc) is 2.63. The van der Waals surface area contributed by atoms with Crippen molar-refractivity contribution in [2.45, 2.75) is 26.5 Å². The summed E-state index contributed by atoms with van der Waals surface area (Å²) in [4.78, 5) is 0. The fourth-order valence-electron chi connectivity index (χ4n) is 2.50. The van der Waals surface area contributed by atoms with E-state index in [9.17, 15) is 0 Å². The van der Waals surface area contributed by atoms with E-state index in [0.29, 0.717) is 29.0 Å². The summed E-state index contributed by atoms with van der Waals surface area (Å²) in [5.41, 5.74) is 2.00. The molecule has 0 fully saturated rings. The number of halogens is 3. The Kier molecular flexibility index (Phi) is 9.73. The van der Waals surface area contributed by atoms with Crippen molar-refractivity contribution in [3.05, 3.63) is 56.0 Å². The lowest BCUT2D eigenvalue weighted by molar-refractivity contribution is 0.269. The minimum Gasteiger partial charge on any atom is -0.490 e. The number of nitrogens with one attached hydrogen (secondary N) is 2. The number of ether oxygens (including phenoxy) is 2. The molecular weight excluding hydrogens is 451 g/mol. The molecule has 0 radical (unpaired) electrons. The molecule has 2 N–H and O–H groups in total. The Morgan fingerprint density at radius 1 is 1.00 bits per heavy atom. The van der Waals surface area contributed by atoms with Gasteiger partial charge in [-0.15, -0.1) is 0 Å². The van der Waals surface area contributed by atoms with Gasteiger partial charge in [-0.3, -0.25) is 0 Å².